The van der Waals surface area contributed by atoms with Crippen molar-refractivity contribution in [2.75, 3.05) is 20.2 Å². The van der Waals surface area contributed by atoms with E-state index in [9.17, 15) is 9.18 Å². The molecule has 130 valence electrons. The third-order valence-corrected chi connectivity index (χ3v) is 3.85. The van der Waals surface area contributed by atoms with Crippen molar-refractivity contribution in [3.63, 3.8) is 0 Å². The molecule has 0 N–H and O–H groups in total. The molecular weight excluding hydrogens is 323 g/mol. The number of aromatic nitrogens is 3. The minimum Gasteiger partial charge on any atom is -0.489 e. The quantitative estimate of drug-likeness (QED) is 0.692. The topological polar surface area (TPSA) is 52.3 Å². The first-order chi connectivity index (χ1) is 12.1. The summed E-state index contributed by atoms with van der Waals surface area (Å²) < 4.78 is 22.4. The van der Waals surface area contributed by atoms with Gasteiger partial charge in [0.2, 0.25) is 0 Å². The predicted molar refractivity (Wildman–Crippen MR) is 91.4 cm³/mol. The van der Waals surface area contributed by atoms with E-state index in [2.05, 4.69) is 5.10 Å². The van der Waals surface area contributed by atoms with E-state index in [0.29, 0.717) is 17.9 Å². The number of rotatable bonds is 6. The molecule has 0 radical (unpaired) electrons. The standard InChI is InChI=1S/C18H19FN4O2/c1-21(11-12-25-16-8-4-3-7-15(16)19)18(24)14-13-20-22(2)17(14)23-9-5-6-10-23/h3-10,13H,11-12H2,1-2H3. The normalized spacial score (nSPS) is 10.7. The van der Waals surface area contributed by atoms with E-state index >= 15 is 0 Å². The van der Waals surface area contributed by atoms with Gasteiger partial charge >= 0.3 is 0 Å². The van der Waals surface area contributed by atoms with E-state index < -0.39 is 5.82 Å². The molecule has 0 spiro atoms. The highest BCUT2D eigenvalue weighted by Crippen LogP contribution is 2.17. The summed E-state index contributed by atoms with van der Waals surface area (Å²) in [6, 6.07) is 9.96. The van der Waals surface area contributed by atoms with E-state index in [1.165, 1.54) is 11.0 Å². The highest BCUT2D eigenvalue weighted by atomic mass is 19.1. The Labute approximate surface area is 145 Å². The number of benzene rings is 1. The second-order valence-electron chi connectivity index (χ2n) is 5.60. The van der Waals surface area contributed by atoms with E-state index in [1.54, 1.807) is 43.2 Å². The molecular formula is C18H19FN4O2. The molecule has 0 fully saturated rings. The lowest BCUT2D eigenvalue weighted by atomic mass is 10.3. The van der Waals surface area contributed by atoms with Gasteiger partial charge < -0.3 is 14.2 Å². The van der Waals surface area contributed by atoms with Gasteiger partial charge in [-0.05, 0) is 24.3 Å². The largest absolute Gasteiger partial charge is 0.489 e. The van der Waals surface area contributed by atoms with Crippen molar-refractivity contribution in [3.05, 3.63) is 66.4 Å². The van der Waals surface area contributed by atoms with Crippen molar-refractivity contribution in [3.8, 4) is 11.6 Å². The van der Waals surface area contributed by atoms with Gasteiger partial charge in [-0.25, -0.2) is 4.39 Å². The van der Waals surface area contributed by atoms with E-state index in [0.717, 1.165) is 0 Å². The number of para-hydroxylation sites is 1. The number of carbonyl (C=O) groups excluding carboxylic acids is 1. The van der Waals surface area contributed by atoms with Gasteiger partial charge in [0.05, 0.1) is 12.7 Å². The van der Waals surface area contributed by atoms with Crippen molar-refractivity contribution in [1.29, 1.82) is 0 Å². The van der Waals surface area contributed by atoms with Crippen LogP contribution in [0.3, 0.4) is 0 Å². The van der Waals surface area contributed by atoms with Gasteiger partial charge in [0.1, 0.15) is 18.0 Å². The number of nitrogens with zero attached hydrogens (tertiary/aromatic N) is 4. The molecule has 6 nitrogen and oxygen atoms in total. The summed E-state index contributed by atoms with van der Waals surface area (Å²) in [5.41, 5.74) is 0.493. The molecule has 0 unspecified atom stereocenters. The van der Waals surface area contributed by atoms with Crippen LogP contribution in [0.4, 0.5) is 4.39 Å². The SMILES string of the molecule is CN(CCOc1ccccc1F)C(=O)c1cnn(C)c1-n1cccc1. The molecule has 3 rings (SSSR count). The Bertz CT molecular complexity index is 858. The van der Waals surface area contributed by atoms with Crippen LogP contribution in [0.1, 0.15) is 10.4 Å². The van der Waals surface area contributed by atoms with Gasteiger partial charge in [-0.15, -0.1) is 0 Å². The fourth-order valence-corrected chi connectivity index (χ4v) is 2.53. The summed E-state index contributed by atoms with van der Waals surface area (Å²) in [4.78, 5) is 14.2. The van der Waals surface area contributed by atoms with Crippen LogP contribution in [-0.4, -0.2) is 45.4 Å². The van der Waals surface area contributed by atoms with Crippen LogP contribution in [0.5, 0.6) is 5.75 Å². The molecule has 7 heteroatoms. The van der Waals surface area contributed by atoms with Gasteiger partial charge in [0, 0.05) is 26.5 Å². The molecule has 0 saturated heterocycles. The smallest absolute Gasteiger partial charge is 0.259 e. The number of hydrogen-bond donors (Lipinski definition) is 0. The van der Waals surface area contributed by atoms with Crippen LogP contribution in [0.2, 0.25) is 0 Å². The molecule has 25 heavy (non-hydrogen) atoms. The van der Waals surface area contributed by atoms with Crippen molar-refractivity contribution in [2.24, 2.45) is 7.05 Å². The Morgan fingerprint density at radius 2 is 1.96 bits per heavy atom. The third-order valence-electron chi connectivity index (χ3n) is 3.85. The lowest BCUT2D eigenvalue weighted by Crippen LogP contribution is -2.31. The molecule has 0 atom stereocenters. The molecule has 0 aliphatic carbocycles. The summed E-state index contributed by atoms with van der Waals surface area (Å²) in [6.07, 6.45) is 5.26. The Hall–Kier alpha value is -3.09. The van der Waals surface area contributed by atoms with Crippen LogP contribution in [0.15, 0.2) is 55.0 Å². The molecule has 1 amide bonds. The molecule has 0 saturated carbocycles. The first-order valence-electron chi connectivity index (χ1n) is 7.86. The van der Waals surface area contributed by atoms with Gasteiger partial charge in [-0.1, -0.05) is 12.1 Å². The maximum Gasteiger partial charge on any atom is 0.259 e. The maximum atomic E-state index is 13.5. The third kappa shape index (κ3) is 3.55. The molecule has 3 aromatic rings. The average Bonchev–Trinajstić information content (AvgIpc) is 3.25. The van der Waals surface area contributed by atoms with Crippen LogP contribution in [0, 0.1) is 5.82 Å². The molecule has 2 heterocycles. The van der Waals surface area contributed by atoms with Crippen LogP contribution >= 0.6 is 0 Å². The van der Waals surface area contributed by atoms with Crippen molar-refractivity contribution in [2.45, 2.75) is 0 Å². The van der Waals surface area contributed by atoms with Gasteiger partial charge in [-0.2, -0.15) is 5.10 Å². The number of carbonyl (C=O) groups is 1. The van der Waals surface area contributed by atoms with Crippen LogP contribution < -0.4 is 4.74 Å². The Morgan fingerprint density at radius 1 is 1.24 bits per heavy atom. The fourth-order valence-electron chi connectivity index (χ4n) is 2.53. The molecule has 1 aromatic carbocycles. The predicted octanol–water partition coefficient (Wildman–Crippen LogP) is 2.50. The average molecular weight is 342 g/mol. The fraction of sp³-hybridized carbons (Fsp3) is 0.222. The number of halogens is 1. The molecule has 0 aliphatic heterocycles. The number of amides is 1. The van der Waals surface area contributed by atoms with Gasteiger partial charge in [0.25, 0.3) is 5.91 Å². The Kier molecular flexibility index (Phi) is 4.83. The Morgan fingerprint density at radius 3 is 2.68 bits per heavy atom. The second-order valence-corrected chi connectivity index (χ2v) is 5.60. The monoisotopic (exact) mass is 342 g/mol. The summed E-state index contributed by atoms with van der Waals surface area (Å²) in [7, 11) is 3.47. The first-order valence-corrected chi connectivity index (χ1v) is 7.86. The lowest BCUT2D eigenvalue weighted by Gasteiger charge is -2.18. The highest BCUT2D eigenvalue weighted by Gasteiger charge is 2.20. The van der Waals surface area contributed by atoms with Gasteiger partial charge in [-0.3, -0.25) is 9.48 Å². The zero-order chi connectivity index (χ0) is 17.8. The highest BCUT2D eigenvalue weighted by molar-refractivity contribution is 5.96. The molecule has 0 aliphatic rings. The van der Waals surface area contributed by atoms with Crippen molar-refractivity contribution in [1.82, 2.24) is 19.2 Å². The maximum absolute atomic E-state index is 13.5. The zero-order valence-corrected chi connectivity index (χ0v) is 14.1. The van der Waals surface area contributed by atoms with Gasteiger partial charge in [0.15, 0.2) is 11.6 Å². The summed E-state index contributed by atoms with van der Waals surface area (Å²) in [6.45, 7) is 0.523. The number of likely N-dealkylation sites (N-methyl/N-ethyl adjacent to an activating group) is 1. The van der Waals surface area contributed by atoms with E-state index in [1.807, 2.05) is 29.1 Å². The number of aryl methyl sites for hydroxylation is 1. The summed E-state index contributed by atoms with van der Waals surface area (Å²) in [5, 5.41) is 4.18. The van der Waals surface area contributed by atoms with E-state index in [4.69, 9.17) is 4.74 Å². The minimum absolute atomic E-state index is 0.172. The molecule has 2 aromatic heterocycles. The number of hydrogen-bond acceptors (Lipinski definition) is 3. The summed E-state index contributed by atoms with van der Waals surface area (Å²) in [5.74, 6) is 0.280. The zero-order valence-electron chi connectivity index (χ0n) is 14.1. The second kappa shape index (κ2) is 7.21. The molecule has 0 bridgehead atoms. The van der Waals surface area contributed by atoms with Crippen LogP contribution in [0.25, 0.3) is 5.82 Å². The Balaban J connectivity index is 1.66. The van der Waals surface area contributed by atoms with Crippen molar-refractivity contribution >= 4 is 5.91 Å². The van der Waals surface area contributed by atoms with E-state index in [-0.39, 0.29) is 18.3 Å². The minimum atomic E-state index is -0.418. The summed E-state index contributed by atoms with van der Waals surface area (Å²) >= 11 is 0. The number of ether oxygens (including phenoxy) is 1. The first kappa shape index (κ1) is 16.8. The lowest BCUT2D eigenvalue weighted by molar-refractivity contribution is 0.0773. The van der Waals surface area contributed by atoms with Crippen molar-refractivity contribution < 1.29 is 13.9 Å². The van der Waals surface area contributed by atoms with Crippen LogP contribution in [-0.2, 0) is 7.05 Å².